The van der Waals surface area contributed by atoms with Crippen LogP contribution < -0.4 is 10.1 Å². The first-order chi connectivity index (χ1) is 12.8. The molecule has 6 nitrogen and oxygen atoms in total. The van der Waals surface area contributed by atoms with E-state index >= 15 is 0 Å². The van der Waals surface area contributed by atoms with E-state index in [0.717, 1.165) is 5.56 Å². The normalized spacial score (nSPS) is 21.8. The molecule has 146 valence electrons. The molecule has 0 aliphatic carbocycles. The molecule has 0 unspecified atom stereocenters. The summed E-state index contributed by atoms with van der Waals surface area (Å²) in [6.07, 6.45) is 0.701. The molecule has 1 N–H and O–H groups in total. The topological polar surface area (TPSA) is 89.5 Å². The largest absolute Gasteiger partial charge is 0.497 e. The first-order valence-corrected chi connectivity index (χ1v) is 12.0. The summed E-state index contributed by atoms with van der Waals surface area (Å²) < 4.78 is 55.4. The number of sulfone groups is 2. The molecule has 27 heavy (non-hydrogen) atoms. The molecule has 0 aromatic heterocycles. The van der Waals surface area contributed by atoms with Gasteiger partial charge in [-0.25, -0.2) is 16.8 Å². The second-order valence-electron chi connectivity index (χ2n) is 6.63. The van der Waals surface area contributed by atoms with Crippen LogP contribution in [-0.2, 0) is 26.1 Å². The Labute approximate surface area is 160 Å². The van der Waals surface area contributed by atoms with E-state index in [2.05, 4.69) is 5.32 Å². The highest BCUT2D eigenvalue weighted by Crippen LogP contribution is 2.27. The highest BCUT2D eigenvalue weighted by atomic mass is 32.2. The van der Waals surface area contributed by atoms with Crippen molar-refractivity contribution in [1.29, 1.82) is 0 Å². The van der Waals surface area contributed by atoms with Gasteiger partial charge in [0.25, 0.3) is 0 Å². The highest BCUT2D eigenvalue weighted by Gasteiger charge is 2.45. The maximum absolute atomic E-state index is 13.0. The Morgan fingerprint density at radius 3 is 2.33 bits per heavy atom. The third-order valence-electron chi connectivity index (χ3n) is 4.75. The van der Waals surface area contributed by atoms with Crippen molar-refractivity contribution in [3.63, 3.8) is 0 Å². The number of ether oxygens (including phenoxy) is 1. The van der Waals surface area contributed by atoms with Crippen LogP contribution in [-0.4, -0.2) is 53.3 Å². The van der Waals surface area contributed by atoms with Gasteiger partial charge in [-0.15, -0.1) is 0 Å². The van der Waals surface area contributed by atoms with E-state index in [0.29, 0.717) is 18.7 Å². The summed E-state index contributed by atoms with van der Waals surface area (Å²) in [5, 5.41) is 2.16. The van der Waals surface area contributed by atoms with Gasteiger partial charge in [-0.05, 0) is 42.8 Å². The Morgan fingerprint density at radius 1 is 1.04 bits per heavy atom. The van der Waals surface area contributed by atoms with E-state index in [1.165, 1.54) is 19.2 Å². The van der Waals surface area contributed by atoms with Crippen molar-refractivity contribution in [2.45, 2.75) is 22.6 Å². The minimum absolute atomic E-state index is 0.111. The van der Waals surface area contributed by atoms with Gasteiger partial charge >= 0.3 is 0 Å². The summed E-state index contributed by atoms with van der Waals surface area (Å²) in [5.74, 6) is 0.0252. The van der Waals surface area contributed by atoms with Gasteiger partial charge in [0.15, 0.2) is 19.7 Å². The zero-order valence-corrected chi connectivity index (χ0v) is 16.7. The number of benzene rings is 2. The molecule has 1 heterocycles. The van der Waals surface area contributed by atoms with Gasteiger partial charge in [-0.2, -0.15) is 0 Å². The lowest BCUT2D eigenvalue weighted by molar-refractivity contribution is 0.414. The van der Waals surface area contributed by atoms with Crippen molar-refractivity contribution in [3.05, 3.63) is 60.2 Å². The molecule has 0 bridgehead atoms. The summed E-state index contributed by atoms with van der Waals surface area (Å²) in [6.45, 7) is 0.513. The molecule has 2 aromatic carbocycles. The summed E-state index contributed by atoms with van der Waals surface area (Å²) in [5.41, 5.74) is 1.11. The molecular weight excluding hydrogens is 386 g/mol. The van der Waals surface area contributed by atoms with E-state index in [1.807, 2.05) is 30.3 Å². The number of methoxy groups -OCH3 is 1. The third kappa shape index (κ3) is 4.69. The SMILES string of the molecule is COc1ccc(S(=O)(=O)[C@H]2CS(=O)(=O)C[C@@H]2NCCc2ccccc2)cc1. The average molecular weight is 410 g/mol. The number of nitrogens with one attached hydrogen (secondary N) is 1. The van der Waals surface area contributed by atoms with Crippen LogP contribution in [0.4, 0.5) is 0 Å². The van der Waals surface area contributed by atoms with Gasteiger partial charge in [0.2, 0.25) is 0 Å². The quantitative estimate of drug-likeness (QED) is 0.745. The molecule has 0 amide bonds. The van der Waals surface area contributed by atoms with E-state index in [4.69, 9.17) is 4.74 Å². The van der Waals surface area contributed by atoms with Crippen LogP contribution in [0.3, 0.4) is 0 Å². The standard InChI is InChI=1S/C19H23NO5S2/c1-25-16-7-9-17(10-8-16)27(23,24)19-14-26(21,22)13-18(19)20-12-11-15-5-3-2-4-6-15/h2-10,18-20H,11-14H2,1H3/t18-,19-/m0/s1. The van der Waals surface area contributed by atoms with Gasteiger partial charge in [-0.1, -0.05) is 30.3 Å². The average Bonchev–Trinajstić information content (AvgIpc) is 2.98. The molecule has 0 saturated carbocycles. The zero-order chi connectivity index (χ0) is 19.5. The maximum Gasteiger partial charge on any atom is 0.183 e. The zero-order valence-electron chi connectivity index (χ0n) is 15.0. The predicted octanol–water partition coefficient (Wildman–Crippen LogP) is 1.47. The Bertz CT molecular complexity index is 971. The van der Waals surface area contributed by atoms with Crippen LogP contribution in [0.15, 0.2) is 59.5 Å². The molecule has 1 saturated heterocycles. The Kier molecular flexibility index (Phi) is 5.88. The minimum Gasteiger partial charge on any atom is -0.497 e. The number of hydrogen-bond acceptors (Lipinski definition) is 6. The van der Waals surface area contributed by atoms with Crippen molar-refractivity contribution in [2.24, 2.45) is 0 Å². The molecule has 1 aliphatic rings. The smallest absolute Gasteiger partial charge is 0.183 e. The van der Waals surface area contributed by atoms with Crippen molar-refractivity contribution >= 4 is 19.7 Å². The molecule has 1 aliphatic heterocycles. The molecule has 1 fully saturated rings. The molecular formula is C19H23NO5S2. The van der Waals surface area contributed by atoms with E-state index < -0.39 is 31.0 Å². The van der Waals surface area contributed by atoms with Crippen LogP contribution >= 0.6 is 0 Å². The van der Waals surface area contributed by atoms with Crippen molar-refractivity contribution < 1.29 is 21.6 Å². The van der Waals surface area contributed by atoms with Crippen LogP contribution in [0.25, 0.3) is 0 Å². The van der Waals surface area contributed by atoms with Crippen LogP contribution in [0.2, 0.25) is 0 Å². The second kappa shape index (κ2) is 8.00. The van der Waals surface area contributed by atoms with Crippen molar-refractivity contribution in [1.82, 2.24) is 5.32 Å². The molecule has 2 atom stereocenters. The first-order valence-electron chi connectivity index (χ1n) is 8.67. The Balaban J connectivity index is 1.76. The Hall–Kier alpha value is -1.90. The van der Waals surface area contributed by atoms with Gasteiger partial charge in [-0.3, -0.25) is 0 Å². The first kappa shape index (κ1) is 19.9. The Morgan fingerprint density at radius 2 is 1.70 bits per heavy atom. The lowest BCUT2D eigenvalue weighted by atomic mass is 10.1. The fraction of sp³-hybridized carbons (Fsp3) is 0.368. The van der Waals surface area contributed by atoms with Gasteiger partial charge in [0, 0.05) is 6.04 Å². The molecule has 0 spiro atoms. The van der Waals surface area contributed by atoms with E-state index in [-0.39, 0.29) is 16.4 Å². The fourth-order valence-corrected chi connectivity index (χ4v) is 8.02. The molecule has 2 aromatic rings. The number of hydrogen-bond donors (Lipinski definition) is 1. The second-order valence-corrected chi connectivity index (χ2v) is 11.0. The van der Waals surface area contributed by atoms with Crippen LogP contribution in [0.5, 0.6) is 5.75 Å². The monoisotopic (exact) mass is 409 g/mol. The van der Waals surface area contributed by atoms with Crippen molar-refractivity contribution in [3.8, 4) is 5.75 Å². The lowest BCUT2D eigenvalue weighted by Gasteiger charge is -2.20. The summed E-state index contributed by atoms with van der Waals surface area (Å²) >= 11 is 0. The van der Waals surface area contributed by atoms with E-state index in [9.17, 15) is 16.8 Å². The molecule has 8 heteroatoms. The van der Waals surface area contributed by atoms with Crippen LogP contribution in [0.1, 0.15) is 5.56 Å². The van der Waals surface area contributed by atoms with Gasteiger partial charge < -0.3 is 10.1 Å². The highest BCUT2D eigenvalue weighted by molar-refractivity contribution is 7.96. The summed E-state index contributed by atoms with van der Waals surface area (Å²) in [7, 11) is -5.69. The van der Waals surface area contributed by atoms with Gasteiger partial charge in [0.05, 0.1) is 28.8 Å². The van der Waals surface area contributed by atoms with Gasteiger partial charge in [0.1, 0.15) is 5.75 Å². The minimum atomic E-state index is -3.78. The number of rotatable bonds is 7. The predicted molar refractivity (Wildman–Crippen MR) is 105 cm³/mol. The lowest BCUT2D eigenvalue weighted by Crippen LogP contribution is -2.44. The van der Waals surface area contributed by atoms with Crippen molar-refractivity contribution in [2.75, 3.05) is 25.2 Å². The fourth-order valence-electron chi connectivity index (χ4n) is 3.30. The van der Waals surface area contributed by atoms with Crippen LogP contribution in [0, 0.1) is 0 Å². The molecule has 3 rings (SSSR count). The summed E-state index contributed by atoms with van der Waals surface area (Å²) in [6, 6.07) is 15.2. The van der Waals surface area contributed by atoms with E-state index in [1.54, 1.807) is 12.1 Å². The maximum atomic E-state index is 13.0. The third-order valence-corrected chi connectivity index (χ3v) is 8.92. The molecule has 0 radical (unpaired) electrons. The summed E-state index contributed by atoms with van der Waals surface area (Å²) in [4.78, 5) is 0.111.